The molecule has 3 rings (SSSR count). The van der Waals surface area contributed by atoms with Crippen LogP contribution in [0.25, 0.3) is 11.0 Å². The molecule has 8 heteroatoms. The highest BCUT2D eigenvalue weighted by Gasteiger charge is 2.26. The van der Waals surface area contributed by atoms with Crippen LogP contribution in [0.1, 0.15) is 18.9 Å². The highest BCUT2D eigenvalue weighted by Crippen LogP contribution is 2.31. The molecule has 1 saturated heterocycles. The van der Waals surface area contributed by atoms with Crippen LogP contribution in [0.15, 0.2) is 12.5 Å². The minimum Gasteiger partial charge on any atom is -0.465 e. The lowest BCUT2D eigenvalue weighted by atomic mass is 10.1. The molecule has 1 amide bonds. The Kier molecular flexibility index (Phi) is 3.40. The fraction of sp³-hybridized carbons (Fsp3) is 0.417. The number of fused-ring (bicyclic) bond motifs is 1. The summed E-state index contributed by atoms with van der Waals surface area (Å²) in [5, 5.41) is 9.98. The third kappa shape index (κ3) is 2.17. The van der Waals surface area contributed by atoms with Crippen LogP contribution in [0, 0.1) is 3.57 Å². The van der Waals surface area contributed by atoms with Crippen molar-refractivity contribution in [1.82, 2.24) is 19.4 Å². The van der Waals surface area contributed by atoms with Crippen LogP contribution >= 0.6 is 22.6 Å². The zero-order valence-electron chi connectivity index (χ0n) is 10.7. The molecule has 2 aromatic rings. The summed E-state index contributed by atoms with van der Waals surface area (Å²) in [6.07, 6.45) is 4.35. The Morgan fingerprint density at radius 2 is 2.30 bits per heavy atom. The largest absolute Gasteiger partial charge is 0.465 e. The van der Waals surface area contributed by atoms with Crippen LogP contribution in [-0.4, -0.2) is 43.7 Å². The number of likely N-dealkylation sites (tertiary alicyclic amines) is 1. The molecule has 3 heterocycles. The molecule has 0 aromatic carbocycles. The zero-order chi connectivity index (χ0) is 14.3. The van der Waals surface area contributed by atoms with E-state index < -0.39 is 6.09 Å². The molecule has 2 aromatic heterocycles. The van der Waals surface area contributed by atoms with Gasteiger partial charge in [-0.2, -0.15) is 0 Å². The molecule has 3 N–H and O–H groups in total. The van der Waals surface area contributed by atoms with Crippen molar-refractivity contribution < 1.29 is 9.90 Å². The maximum absolute atomic E-state index is 11.1. The first-order valence-electron chi connectivity index (χ1n) is 6.32. The first-order valence-corrected chi connectivity index (χ1v) is 7.40. The van der Waals surface area contributed by atoms with Gasteiger partial charge >= 0.3 is 6.09 Å². The molecule has 0 aliphatic carbocycles. The number of nitrogens with two attached hydrogens (primary N) is 1. The van der Waals surface area contributed by atoms with Gasteiger partial charge in [-0.3, -0.25) is 0 Å². The minimum atomic E-state index is -0.866. The summed E-state index contributed by atoms with van der Waals surface area (Å²) in [5.41, 5.74) is 6.68. The number of hydrogen-bond donors (Lipinski definition) is 2. The number of aromatic nitrogens is 3. The highest BCUT2D eigenvalue weighted by atomic mass is 127. The summed E-state index contributed by atoms with van der Waals surface area (Å²) in [6.45, 7) is 1.08. The van der Waals surface area contributed by atoms with E-state index in [0.29, 0.717) is 18.9 Å². The smallest absolute Gasteiger partial charge is 0.407 e. The lowest BCUT2D eigenvalue weighted by Crippen LogP contribution is -2.39. The number of anilines is 1. The average Bonchev–Trinajstić information content (AvgIpc) is 2.78. The van der Waals surface area contributed by atoms with Gasteiger partial charge in [0.2, 0.25) is 0 Å². The van der Waals surface area contributed by atoms with Crippen molar-refractivity contribution in [3.63, 3.8) is 0 Å². The van der Waals surface area contributed by atoms with E-state index in [1.807, 2.05) is 10.8 Å². The lowest BCUT2D eigenvalue weighted by Gasteiger charge is -2.31. The number of nitrogens with zero attached hydrogens (tertiary/aromatic N) is 4. The lowest BCUT2D eigenvalue weighted by molar-refractivity contribution is 0.122. The van der Waals surface area contributed by atoms with Crippen LogP contribution < -0.4 is 5.73 Å². The highest BCUT2D eigenvalue weighted by molar-refractivity contribution is 14.1. The van der Waals surface area contributed by atoms with E-state index in [1.54, 1.807) is 0 Å². The van der Waals surface area contributed by atoms with Gasteiger partial charge in [0, 0.05) is 22.9 Å². The molecular formula is C12H14IN5O2. The summed E-state index contributed by atoms with van der Waals surface area (Å²) in [6, 6.07) is 0.0974. The van der Waals surface area contributed by atoms with Gasteiger partial charge in [-0.25, -0.2) is 14.8 Å². The minimum absolute atomic E-state index is 0.0974. The first kappa shape index (κ1) is 13.4. The number of halogens is 1. The van der Waals surface area contributed by atoms with Gasteiger partial charge in [-0.15, -0.1) is 0 Å². The molecule has 1 fully saturated rings. The third-order valence-electron chi connectivity index (χ3n) is 3.65. The maximum Gasteiger partial charge on any atom is 0.407 e. The molecular weight excluding hydrogens is 373 g/mol. The van der Waals surface area contributed by atoms with Gasteiger partial charge in [0.05, 0.1) is 11.4 Å². The number of carboxylic acid groups (broad SMARTS) is 1. The topological polar surface area (TPSA) is 97.3 Å². The Morgan fingerprint density at radius 1 is 1.50 bits per heavy atom. The second-order valence-corrected chi connectivity index (χ2v) is 6.03. The quantitative estimate of drug-likeness (QED) is 0.729. The molecule has 0 radical (unpaired) electrons. The maximum atomic E-state index is 11.1. The molecule has 106 valence electrons. The number of hydrogen-bond acceptors (Lipinski definition) is 4. The van der Waals surface area contributed by atoms with E-state index >= 15 is 0 Å². The van der Waals surface area contributed by atoms with Crippen molar-refractivity contribution in [2.45, 2.75) is 18.9 Å². The number of rotatable bonds is 1. The molecule has 0 bridgehead atoms. The van der Waals surface area contributed by atoms with Crippen molar-refractivity contribution in [2.24, 2.45) is 0 Å². The number of nitrogen functional groups attached to an aromatic ring is 1. The van der Waals surface area contributed by atoms with Gasteiger partial charge in [0.1, 0.15) is 17.8 Å². The van der Waals surface area contributed by atoms with Crippen LogP contribution in [0.2, 0.25) is 0 Å². The summed E-state index contributed by atoms with van der Waals surface area (Å²) in [4.78, 5) is 20.9. The molecule has 0 saturated carbocycles. The zero-order valence-corrected chi connectivity index (χ0v) is 12.8. The Labute approximate surface area is 128 Å². The van der Waals surface area contributed by atoms with Crippen LogP contribution in [-0.2, 0) is 0 Å². The predicted molar refractivity (Wildman–Crippen MR) is 82.5 cm³/mol. The average molecular weight is 387 g/mol. The third-order valence-corrected chi connectivity index (χ3v) is 4.47. The Balaban J connectivity index is 2.02. The van der Waals surface area contributed by atoms with E-state index in [9.17, 15) is 4.79 Å². The van der Waals surface area contributed by atoms with E-state index in [0.717, 1.165) is 27.4 Å². The van der Waals surface area contributed by atoms with Crippen LogP contribution in [0.3, 0.4) is 0 Å². The number of piperidine rings is 1. The van der Waals surface area contributed by atoms with Crippen molar-refractivity contribution in [3.05, 3.63) is 16.1 Å². The second kappa shape index (κ2) is 5.08. The predicted octanol–water partition coefficient (Wildman–Crippen LogP) is 1.93. The Hall–Kier alpha value is -1.58. The van der Waals surface area contributed by atoms with E-state index in [4.69, 9.17) is 10.8 Å². The van der Waals surface area contributed by atoms with Crippen molar-refractivity contribution in [1.29, 1.82) is 0 Å². The summed E-state index contributed by atoms with van der Waals surface area (Å²) >= 11 is 2.21. The van der Waals surface area contributed by atoms with E-state index in [1.165, 1.54) is 11.2 Å². The van der Waals surface area contributed by atoms with Gasteiger partial charge < -0.3 is 20.3 Å². The van der Waals surface area contributed by atoms with Crippen LogP contribution in [0.4, 0.5) is 10.6 Å². The molecule has 7 nitrogen and oxygen atoms in total. The van der Waals surface area contributed by atoms with Gasteiger partial charge in [0.15, 0.2) is 0 Å². The Morgan fingerprint density at radius 3 is 3.05 bits per heavy atom. The molecule has 0 spiro atoms. The van der Waals surface area contributed by atoms with Gasteiger partial charge in [-0.1, -0.05) is 0 Å². The molecule has 1 atom stereocenters. The summed E-state index contributed by atoms with van der Waals surface area (Å²) in [5.74, 6) is 0.462. The summed E-state index contributed by atoms with van der Waals surface area (Å²) in [7, 11) is 0. The summed E-state index contributed by atoms with van der Waals surface area (Å²) < 4.78 is 3.02. The molecule has 1 aliphatic rings. The monoisotopic (exact) mass is 387 g/mol. The SMILES string of the molecule is Nc1ncnc2c1c(I)cn2[C@@H]1CCCN(C(=O)O)C1. The van der Waals surface area contributed by atoms with Crippen LogP contribution in [0.5, 0.6) is 0 Å². The first-order chi connectivity index (χ1) is 9.58. The van der Waals surface area contributed by atoms with E-state index in [2.05, 4.69) is 32.6 Å². The Bertz CT molecular complexity index is 671. The van der Waals surface area contributed by atoms with Gasteiger partial charge in [0.25, 0.3) is 0 Å². The number of carbonyl (C=O) groups is 1. The fourth-order valence-electron chi connectivity index (χ4n) is 2.70. The standard InChI is InChI=1S/C12H14IN5O2/c13-8-5-18(11-9(8)10(14)15-6-16-11)7-2-1-3-17(4-7)12(19)20/h5-7H,1-4H2,(H,19,20)(H2,14,15,16)/t7-/m1/s1. The van der Waals surface area contributed by atoms with Gasteiger partial charge in [-0.05, 0) is 35.4 Å². The van der Waals surface area contributed by atoms with E-state index in [-0.39, 0.29) is 6.04 Å². The molecule has 20 heavy (non-hydrogen) atoms. The normalized spacial score (nSPS) is 19.4. The molecule has 0 unspecified atom stereocenters. The second-order valence-electron chi connectivity index (χ2n) is 4.87. The molecule has 1 aliphatic heterocycles. The number of amides is 1. The van der Waals surface area contributed by atoms with Crippen molar-refractivity contribution in [3.8, 4) is 0 Å². The fourth-order valence-corrected chi connectivity index (χ4v) is 3.51. The van der Waals surface area contributed by atoms with Crippen molar-refractivity contribution >= 4 is 45.5 Å². The van der Waals surface area contributed by atoms with Crippen molar-refractivity contribution in [2.75, 3.05) is 18.8 Å².